The van der Waals surface area contributed by atoms with Crippen LogP contribution in [0.5, 0.6) is 0 Å². The average Bonchev–Trinajstić information content (AvgIpc) is 3.15. The molecule has 0 saturated carbocycles. The predicted molar refractivity (Wildman–Crippen MR) is 93.6 cm³/mol. The van der Waals surface area contributed by atoms with Crippen LogP contribution in [-0.4, -0.2) is 30.2 Å². The standard InChI is InChI=1S/C17H18N6O3/c1-22-9-13(16(25)21-17(22)26)15(24)20-14(12-5-3-2-4-6-12)7-8-23-11-18-10-19-23/h2-6,9-11,14H,7-8H2,1H3,(H,20,24)(H,21,25,26)/t14-/m0/s1. The van der Waals surface area contributed by atoms with Gasteiger partial charge in [-0.1, -0.05) is 30.3 Å². The molecule has 2 N–H and O–H groups in total. The van der Waals surface area contributed by atoms with E-state index in [1.54, 1.807) is 11.0 Å². The van der Waals surface area contributed by atoms with Gasteiger partial charge in [-0.25, -0.2) is 9.78 Å². The number of aromatic amines is 1. The highest BCUT2D eigenvalue weighted by atomic mass is 16.2. The van der Waals surface area contributed by atoms with Crippen LogP contribution in [0.15, 0.2) is 58.8 Å². The smallest absolute Gasteiger partial charge is 0.328 e. The zero-order valence-corrected chi connectivity index (χ0v) is 14.1. The van der Waals surface area contributed by atoms with Gasteiger partial charge in [0.1, 0.15) is 18.2 Å². The number of benzene rings is 1. The van der Waals surface area contributed by atoms with E-state index in [2.05, 4.69) is 20.4 Å². The molecule has 0 saturated heterocycles. The summed E-state index contributed by atoms with van der Waals surface area (Å²) in [6.45, 7) is 0.545. The van der Waals surface area contributed by atoms with Gasteiger partial charge in [0.05, 0.1) is 6.04 Å². The molecule has 0 bridgehead atoms. The summed E-state index contributed by atoms with van der Waals surface area (Å²) in [6, 6.07) is 9.11. The van der Waals surface area contributed by atoms with E-state index < -0.39 is 17.2 Å². The van der Waals surface area contributed by atoms with Crippen molar-refractivity contribution in [3.8, 4) is 0 Å². The fraction of sp³-hybridized carbons (Fsp3) is 0.235. The number of nitrogens with one attached hydrogen (secondary N) is 2. The summed E-state index contributed by atoms with van der Waals surface area (Å²) in [6.07, 6.45) is 4.83. The molecule has 1 atom stereocenters. The lowest BCUT2D eigenvalue weighted by molar-refractivity contribution is 0.0930. The van der Waals surface area contributed by atoms with Crippen LogP contribution in [0.2, 0.25) is 0 Å². The monoisotopic (exact) mass is 354 g/mol. The minimum absolute atomic E-state index is 0.117. The van der Waals surface area contributed by atoms with Gasteiger partial charge in [-0.15, -0.1) is 0 Å². The van der Waals surface area contributed by atoms with Gasteiger partial charge in [0.2, 0.25) is 0 Å². The second-order valence-electron chi connectivity index (χ2n) is 5.80. The number of aryl methyl sites for hydroxylation is 2. The summed E-state index contributed by atoms with van der Waals surface area (Å²) < 4.78 is 2.82. The second-order valence-corrected chi connectivity index (χ2v) is 5.80. The Morgan fingerprint density at radius 3 is 2.73 bits per heavy atom. The lowest BCUT2D eigenvalue weighted by Crippen LogP contribution is -2.37. The van der Waals surface area contributed by atoms with Crippen LogP contribution >= 0.6 is 0 Å². The van der Waals surface area contributed by atoms with E-state index in [1.807, 2.05) is 30.3 Å². The maximum Gasteiger partial charge on any atom is 0.328 e. The SMILES string of the molecule is Cn1cc(C(=O)N[C@@H](CCn2cncn2)c2ccccc2)c(=O)[nH]c1=O. The Balaban J connectivity index is 1.83. The van der Waals surface area contributed by atoms with Crippen molar-refractivity contribution in [2.45, 2.75) is 19.0 Å². The molecule has 0 unspecified atom stereocenters. The molecule has 0 aliphatic rings. The quantitative estimate of drug-likeness (QED) is 0.657. The first-order chi connectivity index (χ1) is 12.5. The zero-order chi connectivity index (χ0) is 18.5. The topological polar surface area (TPSA) is 115 Å². The summed E-state index contributed by atoms with van der Waals surface area (Å²) in [5, 5.41) is 6.92. The predicted octanol–water partition coefficient (Wildman–Crippen LogP) is 0.226. The molecule has 1 amide bonds. The van der Waals surface area contributed by atoms with Crippen molar-refractivity contribution in [2.75, 3.05) is 0 Å². The summed E-state index contributed by atoms with van der Waals surface area (Å²) in [5.74, 6) is -0.547. The van der Waals surface area contributed by atoms with E-state index >= 15 is 0 Å². The molecule has 0 spiro atoms. The normalized spacial score (nSPS) is 11.9. The Morgan fingerprint density at radius 2 is 2.04 bits per heavy atom. The molecular weight excluding hydrogens is 336 g/mol. The maximum atomic E-state index is 12.6. The number of nitrogens with zero attached hydrogens (tertiary/aromatic N) is 4. The van der Waals surface area contributed by atoms with Crippen molar-refractivity contribution in [1.29, 1.82) is 0 Å². The van der Waals surface area contributed by atoms with Crippen molar-refractivity contribution >= 4 is 5.91 Å². The van der Waals surface area contributed by atoms with Gasteiger partial charge < -0.3 is 9.88 Å². The highest BCUT2D eigenvalue weighted by molar-refractivity contribution is 5.93. The molecule has 0 aliphatic carbocycles. The Bertz CT molecular complexity index is 991. The fourth-order valence-electron chi connectivity index (χ4n) is 2.58. The van der Waals surface area contributed by atoms with Gasteiger partial charge >= 0.3 is 5.69 Å². The number of carbonyl (C=O) groups excluding carboxylic acids is 1. The third-order valence-electron chi connectivity index (χ3n) is 3.97. The first-order valence-electron chi connectivity index (χ1n) is 8.03. The Kier molecular flexibility index (Phi) is 5.07. The lowest BCUT2D eigenvalue weighted by atomic mass is 10.0. The van der Waals surface area contributed by atoms with E-state index in [9.17, 15) is 14.4 Å². The number of hydrogen-bond donors (Lipinski definition) is 2. The summed E-state index contributed by atoms with van der Waals surface area (Å²) in [7, 11) is 1.47. The molecule has 3 aromatic rings. The molecule has 0 fully saturated rings. The van der Waals surface area contributed by atoms with Gasteiger partial charge in [0.15, 0.2) is 0 Å². The molecular formula is C17H18N6O3. The maximum absolute atomic E-state index is 12.6. The van der Waals surface area contributed by atoms with Crippen LogP contribution in [0.3, 0.4) is 0 Å². The van der Waals surface area contributed by atoms with Crippen LogP contribution in [0.1, 0.15) is 28.4 Å². The first kappa shape index (κ1) is 17.3. The second kappa shape index (κ2) is 7.60. The molecule has 26 heavy (non-hydrogen) atoms. The van der Waals surface area contributed by atoms with E-state index in [-0.39, 0.29) is 11.6 Å². The molecule has 2 aromatic heterocycles. The number of H-pyrrole nitrogens is 1. The van der Waals surface area contributed by atoms with Crippen molar-refractivity contribution in [3.63, 3.8) is 0 Å². The number of carbonyl (C=O) groups is 1. The van der Waals surface area contributed by atoms with Gasteiger partial charge in [0, 0.05) is 19.8 Å². The van der Waals surface area contributed by atoms with Crippen molar-refractivity contribution in [2.24, 2.45) is 7.05 Å². The third kappa shape index (κ3) is 3.94. The van der Waals surface area contributed by atoms with Gasteiger partial charge in [-0.2, -0.15) is 5.10 Å². The highest BCUT2D eigenvalue weighted by Gasteiger charge is 2.19. The van der Waals surface area contributed by atoms with Crippen LogP contribution in [0.4, 0.5) is 0 Å². The van der Waals surface area contributed by atoms with Crippen LogP contribution in [0, 0.1) is 0 Å². The summed E-state index contributed by atoms with van der Waals surface area (Å²) >= 11 is 0. The highest BCUT2D eigenvalue weighted by Crippen LogP contribution is 2.17. The third-order valence-corrected chi connectivity index (χ3v) is 3.97. The molecule has 9 heteroatoms. The van der Waals surface area contributed by atoms with Crippen molar-refractivity contribution in [3.05, 3.63) is 81.1 Å². The molecule has 0 aliphatic heterocycles. The summed E-state index contributed by atoms with van der Waals surface area (Å²) in [5.41, 5.74) is -0.498. The molecule has 3 rings (SSSR count). The van der Waals surface area contributed by atoms with E-state index in [0.29, 0.717) is 13.0 Å². The number of aromatic nitrogens is 5. The minimum Gasteiger partial charge on any atom is -0.345 e. The molecule has 9 nitrogen and oxygen atoms in total. The lowest BCUT2D eigenvalue weighted by Gasteiger charge is -2.19. The van der Waals surface area contributed by atoms with Crippen molar-refractivity contribution in [1.82, 2.24) is 29.6 Å². The van der Waals surface area contributed by atoms with Crippen LogP contribution < -0.4 is 16.6 Å². The fourth-order valence-corrected chi connectivity index (χ4v) is 2.58. The molecule has 1 aromatic carbocycles. The van der Waals surface area contributed by atoms with E-state index in [1.165, 1.54) is 19.6 Å². The van der Waals surface area contributed by atoms with Gasteiger partial charge in [-0.05, 0) is 12.0 Å². The first-order valence-corrected chi connectivity index (χ1v) is 8.03. The average molecular weight is 354 g/mol. The molecule has 0 radical (unpaired) electrons. The van der Waals surface area contributed by atoms with Crippen LogP contribution in [0.25, 0.3) is 0 Å². The van der Waals surface area contributed by atoms with E-state index in [0.717, 1.165) is 10.1 Å². The summed E-state index contributed by atoms with van der Waals surface area (Å²) in [4.78, 5) is 42.0. The van der Waals surface area contributed by atoms with Crippen molar-refractivity contribution < 1.29 is 4.79 Å². The molecule has 2 heterocycles. The van der Waals surface area contributed by atoms with Gasteiger partial charge in [0.25, 0.3) is 11.5 Å². The van der Waals surface area contributed by atoms with E-state index in [4.69, 9.17) is 0 Å². The van der Waals surface area contributed by atoms with Crippen LogP contribution in [-0.2, 0) is 13.6 Å². The molecule has 134 valence electrons. The number of rotatable bonds is 6. The number of hydrogen-bond acceptors (Lipinski definition) is 5. The largest absolute Gasteiger partial charge is 0.345 e. The number of amides is 1. The Morgan fingerprint density at radius 1 is 1.27 bits per heavy atom. The minimum atomic E-state index is -0.714. The zero-order valence-electron chi connectivity index (χ0n) is 14.1. The Hall–Kier alpha value is -3.49. The van der Waals surface area contributed by atoms with Gasteiger partial charge in [-0.3, -0.25) is 19.3 Å². The Labute approximate surface area is 148 Å².